The second-order valence-electron chi connectivity index (χ2n) is 4.29. The van der Waals surface area contributed by atoms with Crippen LogP contribution in [0.3, 0.4) is 0 Å². The third kappa shape index (κ3) is 3.54. The van der Waals surface area contributed by atoms with E-state index < -0.39 is 0 Å². The molecule has 1 aliphatic rings. The van der Waals surface area contributed by atoms with Gasteiger partial charge in [0.1, 0.15) is 0 Å². The number of rotatable bonds is 2. The molecule has 0 spiro atoms. The summed E-state index contributed by atoms with van der Waals surface area (Å²) in [4.78, 5) is 0. The van der Waals surface area contributed by atoms with Gasteiger partial charge in [-0.3, -0.25) is 0 Å². The molecular weight excluding hydrogens is 146 g/mol. The van der Waals surface area contributed by atoms with Crippen molar-refractivity contribution < 1.29 is 4.48 Å². The third-order valence-corrected chi connectivity index (χ3v) is 1.81. The first kappa shape index (κ1) is 9.27. The molecule has 1 heteroatoms. The highest BCUT2D eigenvalue weighted by molar-refractivity contribution is 5.19. The topological polar surface area (TPSA) is 0 Å². The lowest BCUT2D eigenvalue weighted by Gasteiger charge is -2.26. The van der Waals surface area contributed by atoms with Gasteiger partial charge in [-0.15, -0.1) is 0 Å². The van der Waals surface area contributed by atoms with Gasteiger partial charge in [-0.05, 0) is 0 Å². The highest BCUT2D eigenvalue weighted by Crippen LogP contribution is 2.09. The fourth-order valence-electron chi connectivity index (χ4n) is 1.36. The molecule has 0 saturated carbocycles. The van der Waals surface area contributed by atoms with Gasteiger partial charge < -0.3 is 4.48 Å². The first-order valence-electron chi connectivity index (χ1n) is 4.40. The van der Waals surface area contributed by atoms with Crippen molar-refractivity contribution in [3.63, 3.8) is 0 Å². The summed E-state index contributed by atoms with van der Waals surface area (Å²) in [5, 5.41) is 0. The van der Waals surface area contributed by atoms with Crippen molar-refractivity contribution >= 4 is 0 Å². The maximum absolute atomic E-state index is 2.25. The van der Waals surface area contributed by atoms with Crippen molar-refractivity contribution in [1.29, 1.82) is 0 Å². The Bertz CT molecular complexity index is 200. The van der Waals surface area contributed by atoms with Gasteiger partial charge in [-0.1, -0.05) is 36.5 Å². The molecule has 0 bridgehead atoms. The zero-order valence-electron chi connectivity index (χ0n) is 8.20. The Morgan fingerprint density at radius 2 is 1.42 bits per heavy atom. The lowest BCUT2D eigenvalue weighted by Crippen LogP contribution is -2.38. The molecule has 0 aromatic heterocycles. The van der Waals surface area contributed by atoms with E-state index in [1.165, 1.54) is 0 Å². The largest absolute Gasteiger partial charge is 0.330 e. The minimum Gasteiger partial charge on any atom is -0.330 e. The normalized spacial score (nSPS) is 18.2. The summed E-state index contributed by atoms with van der Waals surface area (Å²) >= 11 is 0. The second kappa shape index (κ2) is 3.72. The average Bonchev–Trinajstić information content (AvgIpc) is 2.12. The van der Waals surface area contributed by atoms with Crippen LogP contribution in [-0.2, 0) is 0 Å². The molecule has 0 heterocycles. The van der Waals surface area contributed by atoms with Gasteiger partial charge in [-0.25, -0.2) is 0 Å². The van der Waals surface area contributed by atoms with Gasteiger partial charge in [0, 0.05) is 5.92 Å². The van der Waals surface area contributed by atoms with E-state index in [4.69, 9.17) is 0 Å². The quantitative estimate of drug-likeness (QED) is 0.548. The van der Waals surface area contributed by atoms with Crippen LogP contribution in [0.1, 0.15) is 0 Å². The van der Waals surface area contributed by atoms with Gasteiger partial charge >= 0.3 is 0 Å². The Hall–Kier alpha value is -0.820. The zero-order valence-corrected chi connectivity index (χ0v) is 8.20. The van der Waals surface area contributed by atoms with Crippen LogP contribution in [0.15, 0.2) is 36.5 Å². The maximum atomic E-state index is 2.25. The van der Waals surface area contributed by atoms with Gasteiger partial charge in [0.15, 0.2) is 0 Å². The SMILES string of the molecule is C[N+](C)(C)CC1C=CC=CC=C1. The highest BCUT2D eigenvalue weighted by atomic mass is 15.3. The van der Waals surface area contributed by atoms with Crippen molar-refractivity contribution in [2.75, 3.05) is 27.7 Å². The number of hydrogen-bond acceptors (Lipinski definition) is 0. The van der Waals surface area contributed by atoms with Crippen molar-refractivity contribution in [2.24, 2.45) is 5.92 Å². The molecule has 0 unspecified atom stereocenters. The lowest BCUT2D eigenvalue weighted by atomic mass is 10.1. The molecular formula is C11H18N+. The van der Waals surface area contributed by atoms with E-state index in [-0.39, 0.29) is 0 Å². The minimum absolute atomic E-state index is 0.583. The molecule has 1 rings (SSSR count). The van der Waals surface area contributed by atoms with Crippen LogP contribution in [-0.4, -0.2) is 32.2 Å². The van der Waals surface area contributed by atoms with Crippen molar-refractivity contribution in [3.05, 3.63) is 36.5 Å². The van der Waals surface area contributed by atoms with Crippen molar-refractivity contribution in [1.82, 2.24) is 0 Å². The van der Waals surface area contributed by atoms with Crippen LogP contribution >= 0.6 is 0 Å². The Kier molecular flexibility index (Phi) is 2.88. The van der Waals surface area contributed by atoms with Crippen LogP contribution in [0.2, 0.25) is 0 Å². The Morgan fingerprint density at radius 3 is 1.83 bits per heavy atom. The Morgan fingerprint density at radius 1 is 0.917 bits per heavy atom. The molecule has 0 saturated heterocycles. The van der Waals surface area contributed by atoms with Gasteiger partial charge in [-0.2, -0.15) is 0 Å². The smallest absolute Gasteiger partial charge is 0.0879 e. The van der Waals surface area contributed by atoms with Crippen LogP contribution in [0, 0.1) is 5.92 Å². The summed E-state index contributed by atoms with van der Waals surface area (Å²) < 4.78 is 1.01. The van der Waals surface area contributed by atoms with E-state index in [1.54, 1.807) is 0 Å². The van der Waals surface area contributed by atoms with E-state index in [1.807, 2.05) is 0 Å². The molecule has 0 aliphatic heterocycles. The van der Waals surface area contributed by atoms with E-state index in [0.29, 0.717) is 5.92 Å². The summed E-state index contributed by atoms with van der Waals surface area (Å²) in [6.07, 6.45) is 12.9. The van der Waals surface area contributed by atoms with E-state index >= 15 is 0 Å². The molecule has 0 atom stereocenters. The predicted octanol–water partition coefficient (Wildman–Crippen LogP) is 1.99. The van der Waals surface area contributed by atoms with Gasteiger partial charge in [0.05, 0.1) is 27.7 Å². The maximum Gasteiger partial charge on any atom is 0.0879 e. The lowest BCUT2D eigenvalue weighted by molar-refractivity contribution is -0.872. The fourth-order valence-corrected chi connectivity index (χ4v) is 1.36. The Balaban J connectivity index is 2.54. The van der Waals surface area contributed by atoms with Crippen LogP contribution in [0.5, 0.6) is 0 Å². The summed E-state index contributed by atoms with van der Waals surface area (Å²) in [6, 6.07) is 0. The van der Waals surface area contributed by atoms with Gasteiger partial charge in [0.2, 0.25) is 0 Å². The van der Waals surface area contributed by atoms with Gasteiger partial charge in [0.25, 0.3) is 0 Å². The standard InChI is InChI=1S/C11H18N/c1-12(2,3)10-11-8-6-4-5-7-9-11/h4-9,11H,10H2,1-3H3/q+1. The minimum atomic E-state index is 0.583. The van der Waals surface area contributed by atoms with Crippen LogP contribution in [0.4, 0.5) is 0 Å². The van der Waals surface area contributed by atoms with E-state index in [9.17, 15) is 0 Å². The average molecular weight is 164 g/mol. The molecule has 0 N–H and O–H groups in total. The molecule has 0 fully saturated rings. The number of allylic oxidation sites excluding steroid dienone is 4. The summed E-state index contributed by atoms with van der Waals surface area (Å²) in [7, 11) is 6.67. The monoisotopic (exact) mass is 164 g/mol. The molecule has 0 amide bonds. The molecule has 0 radical (unpaired) electrons. The number of nitrogens with zero attached hydrogens (tertiary/aromatic N) is 1. The third-order valence-electron chi connectivity index (χ3n) is 1.81. The van der Waals surface area contributed by atoms with E-state index in [2.05, 4.69) is 57.6 Å². The first-order valence-corrected chi connectivity index (χ1v) is 4.40. The molecule has 0 aromatic carbocycles. The molecule has 66 valence electrons. The fraction of sp³-hybridized carbons (Fsp3) is 0.455. The Labute approximate surface area is 75.3 Å². The van der Waals surface area contributed by atoms with Crippen LogP contribution in [0.25, 0.3) is 0 Å². The predicted molar refractivity (Wildman–Crippen MR) is 53.8 cm³/mol. The van der Waals surface area contributed by atoms with Crippen LogP contribution < -0.4 is 0 Å². The number of hydrogen-bond donors (Lipinski definition) is 0. The summed E-state index contributed by atoms with van der Waals surface area (Å²) in [6.45, 7) is 1.16. The molecule has 12 heavy (non-hydrogen) atoms. The molecule has 1 nitrogen and oxygen atoms in total. The summed E-state index contributed by atoms with van der Waals surface area (Å²) in [5.74, 6) is 0.583. The first-order chi connectivity index (χ1) is 5.58. The summed E-state index contributed by atoms with van der Waals surface area (Å²) in [5.41, 5.74) is 0. The highest BCUT2D eigenvalue weighted by Gasteiger charge is 2.12. The van der Waals surface area contributed by atoms with Crippen molar-refractivity contribution in [3.8, 4) is 0 Å². The zero-order chi connectivity index (χ0) is 9.03. The number of quaternary nitrogens is 1. The van der Waals surface area contributed by atoms with Crippen molar-refractivity contribution in [2.45, 2.75) is 0 Å². The van der Waals surface area contributed by atoms with E-state index in [0.717, 1.165) is 11.0 Å². The molecule has 1 aliphatic carbocycles. The second-order valence-corrected chi connectivity index (χ2v) is 4.29. The molecule has 0 aromatic rings.